The SMILES string of the molecule is CC(=O)NNC(=O)/C(=N/Nc1ccccc1)S(=O)(=O)c1ccccc1. The molecule has 3 N–H and O–H groups in total. The van der Waals surface area contributed by atoms with E-state index >= 15 is 0 Å². The van der Waals surface area contributed by atoms with E-state index < -0.39 is 26.7 Å². The van der Waals surface area contributed by atoms with E-state index in [0.717, 1.165) is 0 Å². The van der Waals surface area contributed by atoms with Gasteiger partial charge in [-0.1, -0.05) is 36.4 Å². The molecule has 0 saturated carbocycles. The van der Waals surface area contributed by atoms with Crippen molar-refractivity contribution < 1.29 is 18.0 Å². The van der Waals surface area contributed by atoms with Crippen molar-refractivity contribution in [3.63, 3.8) is 0 Å². The number of carbonyl (C=O) groups excluding carboxylic acids is 2. The van der Waals surface area contributed by atoms with Gasteiger partial charge >= 0.3 is 5.91 Å². The smallest absolute Gasteiger partial charge is 0.277 e. The van der Waals surface area contributed by atoms with Gasteiger partial charge in [0.2, 0.25) is 20.8 Å². The Hall–Kier alpha value is -3.20. The van der Waals surface area contributed by atoms with Crippen LogP contribution in [0.5, 0.6) is 0 Å². The molecule has 0 aliphatic rings. The van der Waals surface area contributed by atoms with Gasteiger partial charge in [-0.25, -0.2) is 8.42 Å². The molecule has 2 amide bonds. The molecule has 130 valence electrons. The monoisotopic (exact) mass is 360 g/mol. The van der Waals surface area contributed by atoms with Gasteiger partial charge in [-0.05, 0) is 24.3 Å². The third-order valence-corrected chi connectivity index (χ3v) is 4.59. The average Bonchev–Trinajstić information content (AvgIpc) is 2.61. The van der Waals surface area contributed by atoms with E-state index in [1.165, 1.54) is 31.2 Å². The highest BCUT2D eigenvalue weighted by Crippen LogP contribution is 2.13. The molecule has 8 nitrogen and oxygen atoms in total. The fourth-order valence-electron chi connectivity index (χ4n) is 1.77. The van der Waals surface area contributed by atoms with Gasteiger partial charge in [0, 0.05) is 6.92 Å². The standard InChI is InChI=1S/C16H16N4O4S/c1-12(21)17-19-15(22)16(20-18-13-8-4-2-5-9-13)25(23,24)14-10-6-3-7-11-14/h2-11,18H,1H3,(H,17,21)(H,19,22)/b20-16-. The Morgan fingerprint density at radius 2 is 1.44 bits per heavy atom. The first-order chi connectivity index (χ1) is 11.9. The Bertz CT molecular complexity index is 881. The van der Waals surface area contributed by atoms with Crippen molar-refractivity contribution in [2.45, 2.75) is 11.8 Å². The van der Waals surface area contributed by atoms with Gasteiger partial charge in [0.05, 0.1) is 10.6 Å². The van der Waals surface area contributed by atoms with E-state index in [2.05, 4.69) is 10.5 Å². The minimum atomic E-state index is -4.19. The summed E-state index contributed by atoms with van der Waals surface area (Å²) in [6.07, 6.45) is 0. The van der Waals surface area contributed by atoms with Crippen molar-refractivity contribution in [2.75, 3.05) is 5.43 Å². The van der Waals surface area contributed by atoms with Gasteiger partial charge in [0.1, 0.15) is 0 Å². The van der Waals surface area contributed by atoms with Crippen LogP contribution in [-0.2, 0) is 19.4 Å². The number of anilines is 1. The maximum absolute atomic E-state index is 12.7. The van der Waals surface area contributed by atoms with Crippen molar-refractivity contribution in [3.8, 4) is 0 Å². The topological polar surface area (TPSA) is 117 Å². The molecule has 0 unspecified atom stereocenters. The molecule has 2 aromatic rings. The third kappa shape index (κ3) is 4.88. The number of benzene rings is 2. The van der Waals surface area contributed by atoms with Crippen LogP contribution in [0, 0.1) is 0 Å². The van der Waals surface area contributed by atoms with Crippen LogP contribution in [0.1, 0.15) is 6.92 Å². The Kier molecular flexibility index (Phi) is 5.85. The molecule has 0 heterocycles. The molecule has 2 rings (SSSR count). The molecule has 0 aliphatic carbocycles. The van der Waals surface area contributed by atoms with Gasteiger partial charge in [-0.3, -0.25) is 25.9 Å². The van der Waals surface area contributed by atoms with Crippen LogP contribution in [0.4, 0.5) is 5.69 Å². The number of amides is 2. The van der Waals surface area contributed by atoms with Crippen molar-refractivity contribution in [1.82, 2.24) is 10.9 Å². The second-order valence-corrected chi connectivity index (χ2v) is 6.71. The Balaban J connectivity index is 2.38. The normalized spacial score (nSPS) is 11.5. The Morgan fingerprint density at radius 1 is 0.880 bits per heavy atom. The number of carbonyl (C=O) groups is 2. The summed E-state index contributed by atoms with van der Waals surface area (Å²) < 4.78 is 25.4. The molecule has 0 aromatic heterocycles. The van der Waals surface area contributed by atoms with Crippen molar-refractivity contribution in [3.05, 3.63) is 60.7 Å². The Labute approximate surface area is 144 Å². The van der Waals surface area contributed by atoms with Crippen LogP contribution in [0.3, 0.4) is 0 Å². The van der Waals surface area contributed by atoms with Crippen LogP contribution in [-0.4, -0.2) is 25.3 Å². The van der Waals surface area contributed by atoms with E-state index in [4.69, 9.17) is 0 Å². The summed E-state index contributed by atoms with van der Waals surface area (Å²) in [6.45, 7) is 1.17. The summed E-state index contributed by atoms with van der Waals surface area (Å²) in [5, 5.41) is 2.95. The highest BCUT2D eigenvalue weighted by Gasteiger charge is 2.29. The number of nitrogens with one attached hydrogen (secondary N) is 3. The zero-order valence-corrected chi connectivity index (χ0v) is 14.1. The number of hydrazine groups is 1. The van der Waals surface area contributed by atoms with Crippen LogP contribution in [0.2, 0.25) is 0 Å². The number of hydrogen-bond donors (Lipinski definition) is 3. The lowest BCUT2D eigenvalue weighted by atomic mass is 10.3. The van der Waals surface area contributed by atoms with E-state index in [1.54, 1.807) is 36.4 Å². The van der Waals surface area contributed by atoms with E-state index in [0.29, 0.717) is 5.69 Å². The second kappa shape index (κ2) is 8.06. The van der Waals surface area contributed by atoms with Crippen LogP contribution in [0.15, 0.2) is 70.7 Å². The summed E-state index contributed by atoms with van der Waals surface area (Å²) >= 11 is 0. The van der Waals surface area contributed by atoms with Crippen molar-refractivity contribution in [2.24, 2.45) is 5.10 Å². The van der Waals surface area contributed by atoms with Crippen LogP contribution in [0.25, 0.3) is 0 Å². The molecule has 0 bridgehead atoms. The maximum atomic E-state index is 12.7. The predicted octanol–water partition coefficient (Wildman–Crippen LogP) is 1.05. The summed E-state index contributed by atoms with van der Waals surface area (Å²) in [7, 11) is -4.19. The summed E-state index contributed by atoms with van der Waals surface area (Å²) in [4.78, 5) is 23.1. The lowest BCUT2D eigenvalue weighted by molar-refractivity contribution is -0.124. The molecule has 9 heteroatoms. The molecule has 0 spiro atoms. The van der Waals surface area contributed by atoms with Crippen LogP contribution < -0.4 is 16.3 Å². The first kappa shape index (κ1) is 18.1. The molecular formula is C16H16N4O4S. The van der Waals surface area contributed by atoms with Crippen molar-refractivity contribution in [1.29, 1.82) is 0 Å². The molecule has 0 saturated heterocycles. The van der Waals surface area contributed by atoms with E-state index in [1.807, 2.05) is 10.9 Å². The lowest BCUT2D eigenvalue weighted by Gasteiger charge is -2.10. The number of hydrazone groups is 1. The molecule has 0 aliphatic heterocycles. The Morgan fingerprint density at radius 3 is 2.00 bits per heavy atom. The van der Waals surface area contributed by atoms with Gasteiger partial charge in [-0.2, -0.15) is 5.10 Å². The largest absolute Gasteiger partial charge is 0.302 e. The maximum Gasteiger partial charge on any atom is 0.302 e. The molecular weight excluding hydrogens is 344 g/mol. The number of hydrogen-bond acceptors (Lipinski definition) is 6. The van der Waals surface area contributed by atoms with Gasteiger partial charge < -0.3 is 0 Å². The highest BCUT2D eigenvalue weighted by molar-refractivity contribution is 8.08. The molecule has 0 radical (unpaired) electrons. The lowest BCUT2D eigenvalue weighted by Crippen LogP contribution is -2.46. The van der Waals surface area contributed by atoms with Crippen LogP contribution >= 0.6 is 0 Å². The second-order valence-electron chi connectivity index (χ2n) is 4.85. The van der Waals surface area contributed by atoms with Gasteiger partial charge in [0.15, 0.2) is 0 Å². The number of para-hydroxylation sites is 1. The zero-order chi connectivity index (χ0) is 18.3. The predicted molar refractivity (Wildman–Crippen MR) is 93.1 cm³/mol. The quantitative estimate of drug-likeness (QED) is 0.430. The number of sulfone groups is 1. The molecule has 0 atom stereocenters. The number of rotatable bonds is 3. The fourth-order valence-corrected chi connectivity index (χ4v) is 2.97. The summed E-state index contributed by atoms with van der Waals surface area (Å²) in [5.41, 5.74) is 7.06. The average molecular weight is 360 g/mol. The minimum Gasteiger partial charge on any atom is -0.277 e. The van der Waals surface area contributed by atoms with Gasteiger partial charge in [-0.15, -0.1) is 0 Å². The fraction of sp³-hybridized carbons (Fsp3) is 0.0625. The first-order valence-corrected chi connectivity index (χ1v) is 8.65. The minimum absolute atomic E-state index is 0.0958. The molecule has 0 fully saturated rings. The van der Waals surface area contributed by atoms with E-state index in [-0.39, 0.29) is 4.90 Å². The summed E-state index contributed by atoms with van der Waals surface area (Å²) in [6, 6.07) is 15.9. The third-order valence-electron chi connectivity index (χ3n) is 2.91. The highest BCUT2D eigenvalue weighted by atomic mass is 32.2. The van der Waals surface area contributed by atoms with Gasteiger partial charge in [0.25, 0.3) is 0 Å². The molecule has 2 aromatic carbocycles. The van der Waals surface area contributed by atoms with Crippen molar-refractivity contribution >= 4 is 32.4 Å². The molecule has 25 heavy (non-hydrogen) atoms. The first-order valence-electron chi connectivity index (χ1n) is 7.17. The summed E-state index contributed by atoms with van der Waals surface area (Å²) in [5.74, 6) is -1.62. The zero-order valence-electron chi connectivity index (χ0n) is 13.3. The van der Waals surface area contributed by atoms with E-state index in [9.17, 15) is 18.0 Å². The number of nitrogens with zero attached hydrogens (tertiary/aromatic N) is 1.